The lowest BCUT2D eigenvalue weighted by Gasteiger charge is -2.42. The highest BCUT2D eigenvalue weighted by Crippen LogP contribution is 2.26. The lowest BCUT2D eigenvalue weighted by atomic mass is 9.93. The normalized spacial score (nSPS) is 26.2. The van der Waals surface area contributed by atoms with Gasteiger partial charge >= 0.3 is 0 Å². The fraction of sp³-hybridized carbons (Fsp3) is 0.800. The van der Waals surface area contributed by atoms with Gasteiger partial charge in [-0.15, -0.1) is 0 Å². The molecular weight excluding hydrogens is 326 g/mol. The van der Waals surface area contributed by atoms with Gasteiger partial charge in [-0.1, -0.05) is 0 Å². The second kappa shape index (κ2) is 7.69. The van der Waals surface area contributed by atoms with Gasteiger partial charge in [0.05, 0.1) is 12.1 Å². The first kappa shape index (κ1) is 18.0. The van der Waals surface area contributed by atoms with Crippen LogP contribution in [0.25, 0.3) is 0 Å². The average molecular weight is 360 g/mol. The number of aromatic nitrogens is 2. The molecule has 0 bridgehead atoms. The summed E-state index contributed by atoms with van der Waals surface area (Å²) in [6.07, 6.45) is 9.03. The smallest absolute Gasteiger partial charge is 0.224 e. The van der Waals surface area contributed by atoms with Crippen molar-refractivity contribution in [3.05, 3.63) is 17.5 Å². The monoisotopic (exact) mass is 359 g/mol. The molecule has 1 aliphatic carbocycles. The van der Waals surface area contributed by atoms with Crippen LogP contribution in [-0.2, 0) is 18.4 Å². The van der Waals surface area contributed by atoms with Crippen LogP contribution in [0.3, 0.4) is 0 Å². The Morgan fingerprint density at radius 2 is 1.96 bits per heavy atom. The number of nitrogens with one attached hydrogen (secondary N) is 1. The average Bonchev–Trinajstić information content (AvgIpc) is 3.43. The predicted octanol–water partition coefficient (Wildman–Crippen LogP) is 1.68. The Labute approximate surface area is 156 Å². The van der Waals surface area contributed by atoms with Gasteiger partial charge in [0.15, 0.2) is 0 Å². The summed E-state index contributed by atoms with van der Waals surface area (Å²) < 4.78 is 1.96. The van der Waals surface area contributed by atoms with Gasteiger partial charge in [-0.2, -0.15) is 5.10 Å². The Morgan fingerprint density at radius 1 is 1.19 bits per heavy atom. The van der Waals surface area contributed by atoms with Crippen molar-refractivity contribution in [1.82, 2.24) is 24.9 Å². The third-order valence-electron chi connectivity index (χ3n) is 6.55. The zero-order valence-corrected chi connectivity index (χ0v) is 16.3. The maximum Gasteiger partial charge on any atom is 0.224 e. The molecule has 4 rings (SSSR count). The summed E-state index contributed by atoms with van der Waals surface area (Å²) >= 11 is 0. The van der Waals surface area contributed by atoms with E-state index in [0.29, 0.717) is 18.0 Å². The highest BCUT2D eigenvalue weighted by atomic mass is 16.2. The Kier molecular flexibility index (Phi) is 5.32. The number of hydrogen-bond acceptors (Lipinski definition) is 4. The van der Waals surface area contributed by atoms with Crippen LogP contribution in [-0.4, -0.2) is 63.8 Å². The summed E-state index contributed by atoms with van der Waals surface area (Å²) in [7, 11) is 2.01. The Bertz CT molecular complexity index is 630. The zero-order valence-electron chi connectivity index (χ0n) is 16.3. The molecule has 144 valence electrons. The molecule has 1 amide bonds. The third kappa shape index (κ3) is 4.12. The number of nitrogens with zero attached hydrogens (tertiary/aromatic N) is 4. The van der Waals surface area contributed by atoms with Crippen molar-refractivity contribution in [2.45, 2.75) is 64.1 Å². The second-order valence-electron chi connectivity index (χ2n) is 8.50. The first-order valence-electron chi connectivity index (χ1n) is 10.3. The predicted molar refractivity (Wildman–Crippen MR) is 102 cm³/mol. The van der Waals surface area contributed by atoms with Gasteiger partial charge in [0.25, 0.3) is 0 Å². The molecule has 0 aromatic carbocycles. The maximum absolute atomic E-state index is 12.4. The van der Waals surface area contributed by atoms with Crippen LogP contribution in [0.5, 0.6) is 0 Å². The van der Waals surface area contributed by atoms with E-state index < -0.39 is 0 Å². The van der Waals surface area contributed by atoms with E-state index in [1.54, 1.807) is 0 Å². The minimum Gasteiger partial charge on any atom is -0.353 e. The molecule has 2 saturated heterocycles. The van der Waals surface area contributed by atoms with Gasteiger partial charge < -0.3 is 5.32 Å². The quantitative estimate of drug-likeness (QED) is 0.869. The van der Waals surface area contributed by atoms with E-state index in [1.165, 1.54) is 43.5 Å². The van der Waals surface area contributed by atoms with Gasteiger partial charge in [-0.25, -0.2) is 0 Å². The van der Waals surface area contributed by atoms with Crippen LogP contribution < -0.4 is 5.32 Å². The van der Waals surface area contributed by atoms with Crippen molar-refractivity contribution >= 4 is 5.91 Å². The minimum atomic E-state index is 0.209. The maximum atomic E-state index is 12.4. The van der Waals surface area contributed by atoms with Crippen LogP contribution in [0.4, 0.5) is 0 Å². The highest BCUT2D eigenvalue weighted by molar-refractivity contribution is 5.79. The van der Waals surface area contributed by atoms with Crippen molar-refractivity contribution in [2.24, 2.45) is 13.0 Å². The number of carbonyl (C=O) groups excluding carboxylic acids is 1. The topological polar surface area (TPSA) is 53.4 Å². The number of likely N-dealkylation sites (tertiary alicyclic amines) is 2. The fourth-order valence-electron chi connectivity index (χ4n) is 4.48. The van der Waals surface area contributed by atoms with Crippen molar-refractivity contribution < 1.29 is 4.79 Å². The van der Waals surface area contributed by atoms with E-state index in [2.05, 4.69) is 27.1 Å². The highest BCUT2D eigenvalue weighted by Gasteiger charge is 2.33. The first-order valence-corrected chi connectivity index (χ1v) is 10.3. The van der Waals surface area contributed by atoms with Crippen LogP contribution >= 0.6 is 0 Å². The van der Waals surface area contributed by atoms with E-state index in [1.807, 2.05) is 17.9 Å². The zero-order chi connectivity index (χ0) is 18.1. The molecule has 1 saturated carbocycles. The van der Waals surface area contributed by atoms with Gasteiger partial charge in [-0.3, -0.25) is 19.3 Å². The van der Waals surface area contributed by atoms with Crippen molar-refractivity contribution in [3.63, 3.8) is 0 Å². The number of amides is 1. The molecule has 6 nitrogen and oxygen atoms in total. The molecule has 0 radical (unpaired) electrons. The molecule has 1 aromatic heterocycles. The molecule has 26 heavy (non-hydrogen) atoms. The van der Waals surface area contributed by atoms with Gasteiger partial charge in [0, 0.05) is 43.5 Å². The molecule has 2 aliphatic heterocycles. The van der Waals surface area contributed by atoms with Gasteiger partial charge in [0.1, 0.15) is 0 Å². The molecule has 1 atom stereocenters. The van der Waals surface area contributed by atoms with Crippen LogP contribution in [0, 0.1) is 12.8 Å². The van der Waals surface area contributed by atoms with E-state index in [4.69, 9.17) is 0 Å². The van der Waals surface area contributed by atoms with Crippen molar-refractivity contribution in [1.29, 1.82) is 0 Å². The lowest BCUT2D eigenvalue weighted by Crippen LogP contribution is -2.50. The number of piperidine rings is 2. The fourth-order valence-corrected chi connectivity index (χ4v) is 4.48. The number of rotatable bonds is 5. The van der Waals surface area contributed by atoms with Crippen LogP contribution in [0.1, 0.15) is 49.8 Å². The molecule has 3 aliphatic rings. The van der Waals surface area contributed by atoms with Crippen molar-refractivity contribution in [3.8, 4) is 0 Å². The summed E-state index contributed by atoms with van der Waals surface area (Å²) in [5.74, 6) is 0.516. The van der Waals surface area contributed by atoms with Crippen LogP contribution in [0.15, 0.2) is 6.20 Å². The minimum absolute atomic E-state index is 0.209. The molecule has 1 N–H and O–H groups in total. The Hall–Kier alpha value is -1.40. The number of aryl methyl sites for hydroxylation is 1. The van der Waals surface area contributed by atoms with Gasteiger partial charge in [-0.05, 0) is 65.1 Å². The summed E-state index contributed by atoms with van der Waals surface area (Å²) in [4.78, 5) is 17.6. The van der Waals surface area contributed by atoms with Crippen LogP contribution in [0.2, 0.25) is 0 Å². The summed E-state index contributed by atoms with van der Waals surface area (Å²) in [5.41, 5.74) is 2.62. The molecule has 6 heteroatoms. The molecule has 3 fully saturated rings. The Balaban J connectivity index is 1.26. The summed E-state index contributed by atoms with van der Waals surface area (Å²) in [5, 5.41) is 7.57. The first-order chi connectivity index (χ1) is 12.6. The largest absolute Gasteiger partial charge is 0.353 e. The molecule has 0 unspecified atom stereocenters. The van der Waals surface area contributed by atoms with E-state index in [-0.39, 0.29) is 5.92 Å². The number of hydrogen-bond donors (Lipinski definition) is 1. The van der Waals surface area contributed by atoms with Crippen molar-refractivity contribution in [2.75, 3.05) is 26.2 Å². The summed E-state index contributed by atoms with van der Waals surface area (Å²) in [6.45, 7) is 7.59. The second-order valence-corrected chi connectivity index (χ2v) is 8.50. The SMILES string of the molecule is Cc1c(CN2CCC(N3CCC[C@@H](C(=O)NC4CC4)C3)CC2)cnn1C. The van der Waals surface area contributed by atoms with E-state index in [0.717, 1.165) is 39.0 Å². The molecule has 1 aromatic rings. The van der Waals surface area contributed by atoms with E-state index >= 15 is 0 Å². The molecular formula is C20H33N5O. The summed E-state index contributed by atoms with van der Waals surface area (Å²) in [6, 6.07) is 1.13. The lowest BCUT2D eigenvalue weighted by molar-refractivity contribution is -0.127. The van der Waals surface area contributed by atoms with Gasteiger partial charge in [0.2, 0.25) is 5.91 Å². The molecule has 3 heterocycles. The number of carbonyl (C=O) groups is 1. The van der Waals surface area contributed by atoms with E-state index in [9.17, 15) is 4.79 Å². The Morgan fingerprint density at radius 3 is 2.62 bits per heavy atom. The standard InChI is InChI=1S/C20H33N5O/c1-15-17(12-21-23(15)2)13-24-10-7-19(8-11-24)25-9-3-4-16(14-25)20(26)22-18-5-6-18/h12,16,18-19H,3-11,13-14H2,1-2H3,(H,22,26)/t16-/m1/s1. The molecule has 0 spiro atoms. The third-order valence-corrected chi connectivity index (χ3v) is 6.55.